The van der Waals surface area contributed by atoms with Crippen LogP contribution in [0, 0.1) is 35.0 Å². The minimum absolute atomic E-state index is 0.0402. The molecule has 4 bridgehead atoms. The minimum Gasteiger partial charge on any atom is -0.296 e. The van der Waals surface area contributed by atoms with Crippen molar-refractivity contribution in [3.63, 3.8) is 0 Å². The zero-order valence-corrected chi connectivity index (χ0v) is 11.2. The number of H-pyrrole nitrogens is 1. The smallest absolute Gasteiger partial charge is 0.296 e. The van der Waals surface area contributed by atoms with Crippen LogP contribution in [-0.4, -0.2) is 9.55 Å². The second-order valence-corrected chi connectivity index (χ2v) is 6.74. The molecule has 104 valence electrons. The first kappa shape index (κ1) is 12.0. The van der Waals surface area contributed by atoms with Crippen LogP contribution in [-0.2, 0) is 0 Å². The molecule has 4 aliphatic rings. The summed E-state index contributed by atoms with van der Waals surface area (Å²) in [6, 6.07) is 2.06. The van der Waals surface area contributed by atoms with Gasteiger partial charge in [0.05, 0.1) is 0 Å². The average Bonchev–Trinajstić information content (AvgIpc) is 2.39. The summed E-state index contributed by atoms with van der Waals surface area (Å²) in [4.78, 5) is 25.9. The maximum atomic E-state index is 12.1. The number of rotatable bonds is 1. The first-order valence-electron chi connectivity index (χ1n) is 7.41. The third kappa shape index (κ3) is 1.60. The van der Waals surface area contributed by atoms with E-state index in [2.05, 4.69) is 4.98 Å². The van der Waals surface area contributed by atoms with E-state index in [1.807, 2.05) is 6.07 Å². The predicted octanol–water partition coefficient (Wildman–Crippen LogP) is 1.41. The largest absolute Gasteiger partial charge is 0.328 e. The van der Waals surface area contributed by atoms with Crippen molar-refractivity contribution in [2.24, 2.45) is 23.7 Å². The molecule has 5 nitrogen and oxygen atoms in total. The summed E-state index contributed by atoms with van der Waals surface area (Å²) in [6.07, 6.45) is 7.64. The Morgan fingerprint density at radius 3 is 2.25 bits per heavy atom. The summed E-state index contributed by atoms with van der Waals surface area (Å²) in [5.74, 6) is 2.76. The molecule has 4 saturated carbocycles. The Kier molecular flexibility index (Phi) is 2.44. The van der Waals surface area contributed by atoms with Gasteiger partial charge in [0.1, 0.15) is 11.6 Å². The molecule has 5 heteroatoms. The number of aromatic amines is 1. The number of nitrogens with zero attached hydrogens (tertiary/aromatic N) is 2. The molecule has 0 unspecified atom stereocenters. The molecule has 20 heavy (non-hydrogen) atoms. The third-order valence-electron chi connectivity index (χ3n) is 5.59. The molecule has 0 saturated heterocycles. The van der Waals surface area contributed by atoms with Gasteiger partial charge < -0.3 is 0 Å². The SMILES string of the molecule is N#Cc1cn(C2C3CC4CC(C3)CC2C4)c(=O)[nH]c1=O. The quantitative estimate of drug-likeness (QED) is 0.838. The molecule has 0 radical (unpaired) electrons. The number of nitrogens with one attached hydrogen (secondary N) is 1. The van der Waals surface area contributed by atoms with Gasteiger partial charge in [0.2, 0.25) is 0 Å². The Hall–Kier alpha value is -1.83. The lowest BCUT2D eigenvalue weighted by molar-refractivity contribution is -0.0309. The van der Waals surface area contributed by atoms with Gasteiger partial charge in [-0.2, -0.15) is 5.26 Å². The van der Waals surface area contributed by atoms with Crippen molar-refractivity contribution in [2.75, 3.05) is 0 Å². The number of hydrogen-bond donors (Lipinski definition) is 1. The lowest BCUT2D eigenvalue weighted by Gasteiger charge is -2.54. The number of hydrogen-bond acceptors (Lipinski definition) is 3. The van der Waals surface area contributed by atoms with Gasteiger partial charge in [-0.05, 0) is 55.8 Å². The highest BCUT2D eigenvalue weighted by molar-refractivity contribution is 5.22. The molecule has 1 aromatic rings. The van der Waals surface area contributed by atoms with Crippen LogP contribution in [0.2, 0.25) is 0 Å². The molecule has 1 N–H and O–H groups in total. The van der Waals surface area contributed by atoms with Crippen molar-refractivity contribution < 1.29 is 0 Å². The van der Waals surface area contributed by atoms with Crippen molar-refractivity contribution in [3.8, 4) is 6.07 Å². The van der Waals surface area contributed by atoms with E-state index < -0.39 is 5.56 Å². The summed E-state index contributed by atoms with van der Waals surface area (Å²) in [7, 11) is 0. The normalized spacial score (nSPS) is 37.9. The zero-order valence-electron chi connectivity index (χ0n) is 11.2. The average molecular weight is 271 g/mol. The van der Waals surface area contributed by atoms with Crippen molar-refractivity contribution in [3.05, 3.63) is 32.6 Å². The van der Waals surface area contributed by atoms with Gasteiger partial charge in [-0.25, -0.2) is 4.79 Å². The molecule has 0 atom stereocenters. The van der Waals surface area contributed by atoms with Gasteiger partial charge in [-0.15, -0.1) is 0 Å². The van der Waals surface area contributed by atoms with E-state index in [1.165, 1.54) is 38.3 Å². The third-order valence-corrected chi connectivity index (χ3v) is 5.59. The molecule has 1 heterocycles. The van der Waals surface area contributed by atoms with E-state index in [9.17, 15) is 9.59 Å². The Morgan fingerprint density at radius 1 is 1.10 bits per heavy atom. The minimum atomic E-state index is -0.572. The lowest BCUT2D eigenvalue weighted by Crippen LogP contribution is -2.49. The molecule has 4 fully saturated rings. The maximum Gasteiger partial charge on any atom is 0.328 e. The van der Waals surface area contributed by atoms with Gasteiger partial charge in [0, 0.05) is 12.2 Å². The molecular formula is C15H17N3O2. The van der Waals surface area contributed by atoms with E-state index in [0.717, 1.165) is 11.8 Å². The molecule has 5 rings (SSSR count). The van der Waals surface area contributed by atoms with Crippen molar-refractivity contribution in [1.82, 2.24) is 9.55 Å². The highest BCUT2D eigenvalue weighted by Gasteiger charge is 2.49. The second-order valence-electron chi connectivity index (χ2n) is 6.74. The Bertz CT molecular complexity index is 681. The fourth-order valence-electron chi connectivity index (χ4n) is 5.14. The molecular weight excluding hydrogens is 254 g/mol. The van der Waals surface area contributed by atoms with Crippen LogP contribution >= 0.6 is 0 Å². The van der Waals surface area contributed by atoms with Crippen LogP contribution in [0.25, 0.3) is 0 Å². The van der Waals surface area contributed by atoms with Crippen LogP contribution in [0.3, 0.4) is 0 Å². The van der Waals surface area contributed by atoms with E-state index >= 15 is 0 Å². The number of nitriles is 1. The van der Waals surface area contributed by atoms with E-state index in [-0.39, 0.29) is 17.3 Å². The lowest BCUT2D eigenvalue weighted by atomic mass is 9.54. The molecule has 0 aromatic carbocycles. The van der Waals surface area contributed by atoms with E-state index in [0.29, 0.717) is 11.8 Å². The first-order chi connectivity index (χ1) is 9.65. The van der Waals surface area contributed by atoms with Gasteiger partial charge in [-0.1, -0.05) is 0 Å². The fraction of sp³-hybridized carbons (Fsp3) is 0.667. The topological polar surface area (TPSA) is 78.7 Å². The van der Waals surface area contributed by atoms with Gasteiger partial charge in [0.25, 0.3) is 5.56 Å². The highest BCUT2D eigenvalue weighted by atomic mass is 16.2. The maximum absolute atomic E-state index is 12.1. The van der Waals surface area contributed by atoms with Crippen LogP contribution in [0.1, 0.15) is 43.7 Å². The van der Waals surface area contributed by atoms with Crippen LogP contribution < -0.4 is 11.2 Å². The summed E-state index contributed by atoms with van der Waals surface area (Å²) >= 11 is 0. The molecule has 4 aliphatic carbocycles. The van der Waals surface area contributed by atoms with Gasteiger partial charge >= 0.3 is 5.69 Å². The summed E-state index contributed by atoms with van der Waals surface area (Å²) in [5, 5.41) is 9.00. The fourth-order valence-corrected chi connectivity index (χ4v) is 5.14. The molecule has 0 amide bonds. The highest BCUT2D eigenvalue weighted by Crippen LogP contribution is 2.57. The van der Waals surface area contributed by atoms with Crippen molar-refractivity contribution in [2.45, 2.75) is 38.1 Å². The molecule has 1 aromatic heterocycles. The summed E-state index contributed by atoms with van der Waals surface area (Å²) in [5.41, 5.74) is -0.887. The molecule has 0 spiro atoms. The van der Waals surface area contributed by atoms with Gasteiger partial charge in [0.15, 0.2) is 0 Å². The van der Waals surface area contributed by atoms with E-state index in [4.69, 9.17) is 5.26 Å². The van der Waals surface area contributed by atoms with Crippen molar-refractivity contribution >= 4 is 0 Å². The van der Waals surface area contributed by atoms with Crippen molar-refractivity contribution in [1.29, 1.82) is 5.26 Å². The molecule has 0 aliphatic heterocycles. The Labute approximate surface area is 116 Å². The zero-order chi connectivity index (χ0) is 13.9. The Morgan fingerprint density at radius 2 is 1.70 bits per heavy atom. The summed E-state index contributed by atoms with van der Waals surface area (Å²) in [6.45, 7) is 0. The first-order valence-corrected chi connectivity index (χ1v) is 7.41. The second kappa shape index (κ2) is 4.08. The number of aromatic nitrogens is 2. The monoisotopic (exact) mass is 271 g/mol. The van der Waals surface area contributed by atoms with Crippen LogP contribution in [0.4, 0.5) is 0 Å². The van der Waals surface area contributed by atoms with Crippen LogP contribution in [0.15, 0.2) is 15.8 Å². The van der Waals surface area contributed by atoms with E-state index in [1.54, 1.807) is 4.57 Å². The standard InChI is InChI=1S/C15H17N3O2/c16-6-12-7-18(15(20)17-14(12)19)13-10-2-8-1-9(4-10)5-11(13)3-8/h7-11,13H,1-5H2,(H,17,19,20). The van der Waals surface area contributed by atoms with Gasteiger partial charge in [-0.3, -0.25) is 14.3 Å². The van der Waals surface area contributed by atoms with Crippen LogP contribution in [0.5, 0.6) is 0 Å². The summed E-state index contributed by atoms with van der Waals surface area (Å²) < 4.78 is 1.65. The predicted molar refractivity (Wildman–Crippen MR) is 72.1 cm³/mol. The Balaban J connectivity index is 1.80.